The lowest BCUT2D eigenvalue weighted by Gasteiger charge is -2.51. The minimum Gasteiger partial charge on any atom is -0.444 e. The summed E-state index contributed by atoms with van der Waals surface area (Å²) in [5.41, 5.74) is -0.777. The quantitative estimate of drug-likeness (QED) is 0.836. The minimum absolute atomic E-state index is 0.266. The lowest BCUT2D eigenvalue weighted by Crippen LogP contribution is -2.63. The van der Waals surface area contributed by atoms with Crippen LogP contribution in [0.25, 0.3) is 0 Å². The summed E-state index contributed by atoms with van der Waals surface area (Å²) in [6, 6.07) is 4.78. The fraction of sp³-hybridized carbons (Fsp3) is 0.611. The van der Waals surface area contributed by atoms with Gasteiger partial charge in [0.15, 0.2) is 0 Å². The number of rotatable bonds is 1. The second kappa shape index (κ2) is 6.28. The number of piperidine rings is 1. The van der Waals surface area contributed by atoms with E-state index in [1.807, 2.05) is 26.8 Å². The number of aromatic nitrogens is 1. The van der Waals surface area contributed by atoms with E-state index in [2.05, 4.69) is 4.98 Å². The third-order valence-electron chi connectivity index (χ3n) is 4.57. The van der Waals surface area contributed by atoms with E-state index in [4.69, 9.17) is 14.7 Å². The summed E-state index contributed by atoms with van der Waals surface area (Å²) in [6.45, 7) is 6.20. The number of aliphatic hydroxyl groups is 1. The number of morpholine rings is 1. The van der Waals surface area contributed by atoms with E-state index in [0.29, 0.717) is 31.6 Å². The van der Waals surface area contributed by atoms with Gasteiger partial charge in [0.2, 0.25) is 0 Å². The van der Waals surface area contributed by atoms with E-state index in [9.17, 15) is 9.90 Å². The number of nitriles is 1. The van der Waals surface area contributed by atoms with E-state index >= 15 is 0 Å². The maximum absolute atomic E-state index is 12.6. The van der Waals surface area contributed by atoms with Crippen LogP contribution >= 0.6 is 0 Å². The van der Waals surface area contributed by atoms with E-state index in [1.165, 1.54) is 6.20 Å². The first-order chi connectivity index (χ1) is 11.7. The van der Waals surface area contributed by atoms with Crippen molar-refractivity contribution in [2.24, 2.45) is 0 Å². The molecule has 3 heterocycles. The van der Waals surface area contributed by atoms with Crippen LogP contribution in [0.15, 0.2) is 18.3 Å². The van der Waals surface area contributed by atoms with Crippen molar-refractivity contribution >= 4 is 6.09 Å². The van der Waals surface area contributed by atoms with E-state index in [0.717, 1.165) is 0 Å². The number of fused-ring (bicyclic) bond motifs is 2. The van der Waals surface area contributed by atoms with Crippen LogP contribution in [0.1, 0.15) is 44.9 Å². The molecule has 7 nitrogen and oxygen atoms in total. The highest BCUT2D eigenvalue weighted by Crippen LogP contribution is 2.41. The summed E-state index contributed by atoms with van der Waals surface area (Å²) in [7, 11) is 0. The van der Waals surface area contributed by atoms with Crippen LogP contribution in [-0.4, -0.2) is 52.0 Å². The molecule has 3 rings (SSSR count). The molecule has 7 heteroatoms. The Morgan fingerprint density at radius 1 is 1.44 bits per heavy atom. The zero-order valence-electron chi connectivity index (χ0n) is 14.7. The molecule has 1 N–H and O–H groups in total. The van der Waals surface area contributed by atoms with Gasteiger partial charge in [-0.25, -0.2) is 9.78 Å². The molecule has 2 aliphatic heterocycles. The normalized spacial score (nSPS) is 29.0. The third-order valence-corrected chi connectivity index (χ3v) is 4.57. The molecule has 134 valence electrons. The molecular weight excluding hydrogens is 322 g/mol. The van der Waals surface area contributed by atoms with Crippen molar-refractivity contribution in [1.82, 2.24) is 9.88 Å². The second-order valence-electron chi connectivity index (χ2n) is 7.71. The number of carbonyl (C=O) groups is 1. The number of amides is 1. The number of carbonyl (C=O) groups excluding carboxylic acids is 1. The summed E-state index contributed by atoms with van der Waals surface area (Å²) >= 11 is 0. The van der Waals surface area contributed by atoms with Gasteiger partial charge in [0, 0.05) is 19.0 Å². The predicted octanol–water partition coefficient (Wildman–Crippen LogP) is 1.94. The minimum atomic E-state index is -1.12. The third kappa shape index (κ3) is 3.60. The molecule has 2 fully saturated rings. The Morgan fingerprint density at radius 3 is 2.64 bits per heavy atom. The molecule has 1 aromatic heterocycles. The average molecular weight is 345 g/mol. The molecule has 0 aromatic carbocycles. The lowest BCUT2D eigenvalue weighted by molar-refractivity contribution is -0.141. The monoisotopic (exact) mass is 345 g/mol. The van der Waals surface area contributed by atoms with Crippen molar-refractivity contribution < 1.29 is 19.4 Å². The number of hydrogen-bond acceptors (Lipinski definition) is 6. The maximum Gasteiger partial charge on any atom is 0.410 e. The standard InChI is InChI=1S/C18H23N3O4/c1-17(2,3)25-16(22)21-14-7-18(23,8-15(21)11-24-10-14)12-4-5-20-13(6-12)9-19/h4-6,14-15,23H,7-8,10-11H2,1-3H3. The Balaban J connectivity index is 1.85. The van der Waals surface area contributed by atoms with Gasteiger partial charge in [-0.1, -0.05) is 0 Å². The van der Waals surface area contributed by atoms with Crippen LogP contribution in [0, 0.1) is 11.3 Å². The Morgan fingerprint density at radius 2 is 2.08 bits per heavy atom. The molecule has 0 aliphatic carbocycles. The summed E-state index contributed by atoms with van der Waals surface area (Å²) in [4.78, 5) is 18.3. The molecular formula is C18H23N3O4. The molecule has 1 amide bonds. The smallest absolute Gasteiger partial charge is 0.410 e. The van der Waals surface area contributed by atoms with Gasteiger partial charge in [0.1, 0.15) is 17.4 Å². The average Bonchev–Trinajstić information content (AvgIpc) is 2.52. The fourth-order valence-corrected chi connectivity index (χ4v) is 3.61. The van der Waals surface area contributed by atoms with Gasteiger partial charge >= 0.3 is 6.09 Å². The van der Waals surface area contributed by atoms with Crippen molar-refractivity contribution in [3.05, 3.63) is 29.6 Å². The van der Waals surface area contributed by atoms with E-state index in [-0.39, 0.29) is 23.9 Å². The van der Waals surface area contributed by atoms with E-state index in [1.54, 1.807) is 17.0 Å². The van der Waals surface area contributed by atoms with Crippen LogP contribution in [0.5, 0.6) is 0 Å². The summed E-state index contributed by atoms with van der Waals surface area (Å²) in [5.74, 6) is 0. The largest absolute Gasteiger partial charge is 0.444 e. The molecule has 0 spiro atoms. The highest BCUT2D eigenvalue weighted by Gasteiger charge is 2.49. The molecule has 2 aliphatic rings. The van der Waals surface area contributed by atoms with Gasteiger partial charge < -0.3 is 14.6 Å². The Hall–Kier alpha value is -2.17. The number of pyridine rings is 1. The number of ether oxygens (including phenoxy) is 2. The SMILES string of the molecule is CC(C)(C)OC(=O)N1C2COCC1CC(O)(c1ccnc(C#N)c1)C2. The molecule has 2 unspecified atom stereocenters. The van der Waals surface area contributed by atoms with Gasteiger partial charge in [-0.2, -0.15) is 5.26 Å². The predicted molar refractivity (Wildman–Crippen MR) is 88.6 cm³/mol. The van der Waals surface area contributed by atoms with Crippen molar-refractivity contribution in [3.8, 4) is 6.07 Å². The first kappa shape index (κ1) is 17.6. The summed E-state index contributed by atoms with van der Waals surface area (Å²) < 4.78 is 11.1. The lowest BCUT2D eigenvalue weighted by atomic mass is 9.77. The van der Waals surface area contributed by atoms with Crippen molar-refractivity contribution in [3.63, 3.8) is 0 Å². The summed E-state index contributed by atoms with van der Waals surface area (Å²) in [5, 5.41) is 20.3. The molecule has 1 aromatic rings. The first-order valence-electron chi connectivity index (χ1n) is 8.40. The number of nitrogens with zero attached hydrogens (tertiary/aromatic N) is 3. The number of hydrogen-bond donors (Lipinski definition) is 1. The molecule has 25 heavy (non-hydrogen) atoms. The van der Waals surface area contributed by atoms with Gasteiger partial charge in [-0.15, -0.1) is 0 Å². The van der Waals surface area contributed by atoms with Crippen LogP contribution in [-0.2, 0) is 15.1 Å². The Bertz CT molecular complexity index is 693. The van der Waals surface area contributed by atoms with Crippen LogP contribution < -0.4 is 0 Å². The van der Waals surface area contributed by atoms with Crippen LogP contribution in [0.2, 0.25) is 0 Å². The van der Waals surface area contributed by atoms with Gasteiger partial charge in [0.25, 0.3) is 0 Å². The zero-order valence-corrected chi connectivity index (χ0v) is 14.7. The molecule has 0 radical (unpaired) electrons. The fourth-order valence-electron chi connectivity index (χ4n) is 3.61. The van der Waals surface area contributed by atoms with Crippen molar-refractivity contribution in [2.75, 3.05) is 13.2 Å². The van der Waals surface area contributed by atoms with Crippen LogP contribution in [0.3, 0.4) is 0 Å². The second-order valence-corrected chi connectivity index (χ2v) is 7.71. The first-order valence-corrected chi connectivity index (χ1v) is 8.40. The molecule has 2 saturated heterocycles. The molecule has 2 bridgehead atoms. The Kier molecular flexibility index (Phi) is 4.43. The summed E-state index contributed by atoms with van der Waals surface area (Å²) in [6.07, 6.45) is 1.81. The zero-order chi connectivity index (χ0) is 18.2. The van der Waals surface area contributed by atoms with Crippen LogP contribution in [0.4, 0.5) is 4.79 Å². The molecule has 2 atom stereocenters. The Labute approximate surface area is 147 Å². The van der Waals surface area contributed by atoms with E-state index < -0.39 is 11.2 Å². The maximum atomic E-state index is 12.6. The van der Waals surface area contributed by atoms with Gasteiger partial charge in [-0.05, 0) is 38.5 Å². The van der Waals surface area contributed by atoms with Crippen molar-refractivity contribution in [1.29, 1.82) is 5.26 Å². The molecule has 0 saturated carbocycles. The topological polar surface area (TPSA) is 95.7 Å². The van der Waals surface area contributed by atoms with Crippen molar-refractivity contribution in [2.45, 2.75) is 56.9 Å². The highest BCUT2D eigenvalue weighted by atomic mass is 16.6. The highest BCUT2D eigenvalue weighted by molar-refractivity contribution is 5.69. The van der Waals surface area contributed by atoms with Gasteiger partial charge in [0.05, 0.1) is 30.9 Å². The van der Waals surface area contributed by atoms with Gasteiger partial charge in [-0.3, -0.25) is 4.90 Å².